The van der Waals surface area contributed by atoms with Gasteiger partial charge in [-0.3, -0.25) is 5.32 Å². The Morgan fingerprint density at radius 3 is 2.58 bits per heavy atom. The monoisotopic (exact) mass is 263 g/mol. The van der Waals surface area contributed by atoms with Crippen LogP contribution in [0.1, 0.15) is 32.3 Å². The summed E-state index contributed by atoms with van der Waals surface area (Å²) < 4.78 is 5.18. The maximum atomic E-state index is 12.2. The summed E-state index contributed by atoms with van der Waals surface area (Å²) in [5.41, 5.74) is -0.0452. The highest BCUT2D eigenvalue weighted by Crippen LogP contribution is 2.31. The zero-order chi connectivity index (χ0) is 13.9. The van der Waals surface area contributed by atoms with Gasteiger partial charge >= 0.3 is 5.97 Å². The summed E-state index contributed by atoms with van der Waals surface area (Å²) in [6, 6.07) is 6.69. The van der Waals surface area contributed by atoms with E-state index in [0.29, 0.717) is 12.5 Å². The van der Waals surface area contributed by atoms with E-state index in [4.69, 9.17) is 4.74 Å². The summed E-state index contributed by atoms with van der Waals surface area (Å²) in [6.07, 6.45) is 2.45. The number of phenolic OH excluding ortho intramolecular Hbond substituents is 1. The van der Waals surface area contributed by atoms with Crippen molar-refractivity contribution in [3.8, 4) is 5.75 Å². The number of aromatic hydroxyl groups is 1. The van der Waals surface area contributed by atoms with Crippen LogP contribution in [0, 0.1) is 5.92 Å². The quantitative estimate of drug-likeness (QED) is 0.772. The molecule has 1 saturated carbocycles. The molecule has 4 nitrogen and oxygen atoms in total. The summed E-state index contributed by atoms with van der Waals surface area (Å²) >= 11 is 0. The molecule has 4 heteroatoms. The van der Waals surface area contributed by atoms with E-state index in [-0.39, 0.29) is 11.7 Å². The topological polar surface area (TPSA) is 58.6 Å². The molecule has 0 saturated heterocycles. The third-order valence-electron chi connectivity index (χ3n) is 3.57. The van der Waals surface area contributed by atoms with Gasteiger partial charge in [0.2, 0.25) is 0 Å². The summed E-state index contributed by atoms with van der Waals surface area (Å²) in [5.74, 6) is 0.587. The van der Waals surface area contributed by atoms with Gasteiger partial charge in [0.05, 0.1) is 6.61 Å². The zero-order valence-electron chi connectivity index (χ0n) is 11.5. The third kappa shape index (κ3) is 3.26. The van der Waals surface area contributed by atoms with Gasteiger partial charge in [-0.25, -0.2) is 4.79 Å². The molecule has 19 heavy (non-hydrogen) atoms. The number of hydrogen-bond donors (Lipinski definition) is 2. The van der Waals surface area contributed by atoms with Crippen LogP contribution in [-0.2, 0) is 15.1 Å². The fraction of sp³-hybridized carbons (Fsp3) is 0.533. The Balaban J connectivity index is 2.20. The zero-order valence-corrected chi connectivity index (χ0v) is 11.5. The highest BCUT2D eigenvalue weighted by molar-refractivity contribution is 5.82. The van der Waals surface area contributed by atoms with Gasteiger partial charge < -0.3 is 9.84 Å². The minimum atomic E-state index is -0.855. The minimum Gasteiger partial charge on any atom is -0.508 e. The normalized spacial score (nSPS) is 17.8. The maximum Gasteiger partial charge on any atom is 0.330 e. The number of esters is 1. The van der Waals surface area contributed by atoms with Crippen LogP contribution in [0.4, 0.5) is 0 Å². The van der Waals surface area contributed by atoms with Crippen molar-refractivity contribution in [2.24, 2.45) is 5.92 Å². The molecule has 0 radical (unpaired) electrons. The molecule has 1 aromatic rings. The summed E-state index contributed by atoms with van der Waals surface area (Å²) in [4.78, 5) is 12.2. The smallest absolute Gasteiger partial charge is 0.330 e. The lowest BCUT2D eigenvalue weighted by Gasteiger charge is -2.29. The van der Waals surface area contributed by atoms with Crippen molar-refractivity contribution in [2.45, 2.75) is 32.2 Å². The van der Waals surface area contributed by atoms with Crippen LogP contribution in [0.15, 0.2) is 24.3 Å². The molecule has 1 aromatic carbocycles. The lowest BCUT2D eigenvalue weighted by molar-refractivity contribution is -0.151. The molecule has 2 rings (SSSR count). The second-order valence-electron chi connectivity index (χ2n) is 5.22. The predicted octanol–water partition coefficient (Wildman–Crippen LogP) is 2.17. The van der Waals surface area contributed by atoms with E-state index in [9.17, 15) is 9.90 Å². The van der Waals surface area contributed by atoms with Crippen LogP contribution >= 0.6 is 0 Å². The molecular weight excluding hydrogens is 242 g/mol. The fourth-order valence-corrected chi connectivity index (χ4v) is 2.03. The van der Waals surface area contributed by atoms with E-state index in [1.54, 1.807) is 31.2 Å². The number of ether oxygens (including phenoxy) is 1. The van der Waals surface area contributed by atoms with Crippen LogP contribution in [0.3, 0.4) is 0 Å². The van der Waals surface area contributed by atoms with Gasteiger partial charge in [-0.15, -0.1) is 0 Å². The Labute approximate surface area is 113 Å². The average molecular weight is 263 g/mol. The van der Waals surface area contributed by atoms with Crippen molar-refractivity contribution < 1.29 is 14.6 Å². The average Bonchev–Trinajstić information content (AvgIpc) is 3.21. The largest absolute Gasteiger partial charge is 0.508 e. The van der Waals surface area contributed by atoms with Crippen molar-refractivity contribution in [2.75, 3.05) is 13.2 Å². The molecule has 0 amide bonds. The van der Waals surface area contributed by atoms with E-state index in [1.165, 1.54) is 12.8 Å². The predicted molar refractivity (Wildman–Crippen MR) is 72.8 cm³/mol. The minimum absolute atomic E-state index is 0.192. The summed E-state index contributed by atoms with van der Waals surface area (Å²) in [6.45, 7) is 4.81. The summed E-state index contributed by atoms with van der Waals surface area (Å²) in [7, 11) is 0. The Morgan fingerprint density at radius 1 is 1.42 bits per heavy atom. The first kappa shape index (κ1) is 13.9. The molecule has 0 aromatic heterocycles. The number of hydrogen-bond acceptors (Lipinski definition) is 4. The lowest BCUT2D eigenvalue weighted by atomic mass is 9.91. The van der Waals surface area contributed by atoms with Gasteiger partial charge in [0.1, 0.15) is 11.3 Å². The van der Waals surface area contributed by atoms with Crippen LogP contribution in [0.2, 0.25) is 0 Å². The maximum absolute atomic E-state index is 12.2. The Morgan fingerprint density at radius 2 is 2.05 bits per heavy atom. The van der Waals surface area contributed by atoms with E-state index >= 15 is 0 Å². The molecule has 1 fully saturated rings. The van der Waals surface area contributed by atoms with Crippen LogP contribution in [0.5, 0.6) is 5.75 Å². The number of carbonyl (C=O) groups is 1. The van der Waals surface area contributed by atoms with Crippen molar-refractivity contribution in [3.63, 3.8) is 0 Å². The number of phenols is 1. The highest BCUT2D eigenvalue weighted by atomic mass is 16.5. The molecular formula is C15H21NO3. The van der Waals surface area contributed by atoms with Gasteiger partial charge in [-0.2, -0.15) is 0 Å². The van der Waals surface area contributed by atoms with Crippen molar-refractivity contribution >= 4 is 5.97 Å². The Bertz CT molecular complexity index is 439. The number of carbonyl (C=O) groups excluding carboxylic acids is 1. The van der Waals surface area contributed by atoms with Crippen molar-refractivity contribution in [1.29, 1.82) is 0 Å². The van der Waals surface area contributed by atoms with E-state index in [0.717, 1.165) is 12.1 Å². The number of rotatable bonds is 6. The van der Waals surface area contributed by atoms with Gasteiger partial charge in [-0.05, 0) is 56.8 Å². The molecule has 1 unspecified atom stereocenters. The fourth-order valence-electron chi connectivity index (χ4n) is 2.03. The summed E-state index contributed by atoms with van der Waals surface area (Å²) in [5, 5.41) is 12.7. The molecule has 0 spiro atoms. The van der Waals surface area contributed by atoms with Gasteiger partial charge in [0.25, 0.3) is 0 Å². The third-order valence-corrected chi connectivity index (χ3v) is 3.57. The van der Waals surface area contributed by atoms with Gasteiger partial charge in [0.15, 0.2) is 0 Å². The Kier molecular flexibility index (Phi) is 4.10. The lowest BCUT2D eigenvalue weighted by Crippen LogP contribution is -2.48. The highest BCUT2D eigenvalue weighted by Gasteiger charge is 2.38. The molecule has 1 aliphatic carbocycles. The van der Waals surface area contributed by atoms with Gasteiger partial charge in [0, 0.05) is 0 Å². The van der Waals surface area contributed by atoms with Crippen molar-refractivity contribution in [1.82, 2.24) is 5.32 Å². The van der Waals surface area contributed by atoms with Crippen LogP contribution < -0.4 is 5.32 Å². The molecule has 104 valence electrons. The molecule has 1 atom stereocenters. The molecule has 1 aliphatic rings. The molecule has 0 aliphatic heterocycles. The first-order chi connectivity index (χ1) is 9.06. The molecule has 0 heterocycles. The van der Waals surface area contributed by atoms with Crippen LogP contribution in [0.25, 0.3) is 0 Å². The van der Waals surface area contributed by atoms with Gasteiger partial charge in [-0.1, -0.05) is 12.1 Å². The second kappa shape index (κ2) is 5.61. The van der Waals surface area contributed by atoms with E-state index < -0.39 is 5.54 Å². The van der Waals surface area contributed by atoms with E-state index in [1.807, 2.05) is 6.92 Å². The molecule has 0 bridgehead atoms. The molecule has 2 N–H and O–H groups in total. The number of benzene rings is 1. The second-order valence-corrected chi connectivity index (χ2v) is 5.22. The van der Waals surface area contributed by atoms with Crippen LogP contribution in [-0.4, -0.2) is 24.2 Å². The number of nitrogens with one attached hydrogen (secondary N) is 1. The standard InChI is InChI=1S/C15H21NO3/c1-3-19-14(18)15(2,16-10-11-4-5-11)12-6-8-13(17)9-7-12/h6-9,11,16-17H,3-5,10H2,1-2H3. The van der Waals surface area contributed by atoms with E-state index in [2.05, 4.69) is 5.32 Å². The van der Waals surface area contributed by atoms with Crippen molar-refractivity contribution in [3.05, 3.63) is 29.8 Å². The SMILES string of the molecule is CCOC(=O)C(C)(NCC1CC1)c1ccc(O)cc1. The first-order valence-electron chi connectivity index (χ1n) is 6.78. The first-order valence-corrected chi connectivity index (χ1v) is 6.78. The Hall–Kier alpha value is -1.55.